The van der Waals surface area contributed by atoms with Crippen molar-refractivity contribution < 1.29 is 30.0 Å². The van der Waals surface area contributed by atoms with Crippen LogP contribution in [0.3, 0.4) is 0 Å². The Labute approximate surface area is 310 Å². The van der Waals surface area contributed by atoms with Gasteiger partial charge in [-0.3, -0.25) is 9.78 Å². The van der Waals surface area contributed by atoms with Crippen LogP contribution in [0.5, 0.6) is 0 Å². The summed E-state index contributed by atoms with van der Waals surface area (Å²) in [6, 6.07) is 14.9. The maximum atomic E-state index is 12.3. The van der Waals surface area contributed by atoms with Gasteiger partial charge in [-0.05, 0) is 65.0 Å². The Kier molecular flexibility index (Phi) is 15.1. The number of benzene rings is 2. The molecule has 2 heterocycles. The number of aromatic nitrogens is 1. The van der Waals surface area contributed by atoms with E-state index in [4.69, 9.17) is 4.98 Å². The SMILES string of the molecule is CC(C)C(C(=O)/C=C(\O)C(C(C)C)C(C)C)C(C)C.Cc1ccc2c(C(C)C)cc(-c3nccc4c(C)c([Si](C)(C)C)sc34)[c-]c2c1.[Ir]. The van der Waals surface area contributed by atoms with Crippen LogP contribution < -0.4 is 4.50 Å². The number of carbonyl (C=O) groups is 1. The summed E-state index contributed by atoms with van der Waals surface area (Å²) in [5.41, 5.74) is 6.30. The van der Waals surface area contributed by atoms with Crippen molar-refractivity contribution in [3.63, 3.8) is 0 Å². The molecule has 0 unspecified atom stereocenters. The van der Waals surface area contributed by atoms with Gasteiger partial charge in [-0.25, -0.2) is 0 Å². The Morgan fingerprint density at radius 3 is 1.90 bits per heavy atom. The van der Waals surface area contributed by atoms with E-state index in [0.29, 0.717) is 29.6 Å². The van der Waals surface area contributed by atoms with Crippen LogP contribution in [0, 0.1) is 55.4 Å². The first-order chi connectivity index (χ1) is 21.8. The molecule has 0 aliphatic heterocycles. The van der Waals surface area contributed by atoms with Crippen LogP contribution in [-0.2, 0) is 24.9 Å². The van der Waals surface area contributed by atoms with E-state index < -0.39 is 8.07 Å². The van der Waals surface area contributed by atoms with Gasteiger partial charge in [0.05, 0.1) is 13.8 Å². The minimum atomic E-state index is -1.38. The van der Waals surface area contributed by atoms with Gasteiger partial charge in [0, 0.05) is 54.6 Å². The standard InChI is InChI=1S/C25H28NSSi.C17H32O2.Ir/c1-15(2)22-14-19(13-18-12-16(3)8-9-21(18)22)23-24-20(10-11-26-23)17(4)25(27-24)28(5,6)7;1-10(2)16(11(3)4)14(18)9-15(19)17(12(5)6)13(7)8;/h8-12,14-15H,1-7H3;9-13,16-18H,1-8H3;/q-1;;/b;14-9-;. The van der Waals surface area contributed by atoms with E-state index in [0.717, 1.165) is 11.3 Å². The molecule has 2 aromatic carbocycles. The van der Waals surface area contributed by atoms with Crippen LogP contribution in [0.2, 0.25) is 19.6 Å². The quantitative estimate of drug-likeness (QED) is 0.0748. The molecule has 1 radical (unpaired) electrons. The number of nitrogens with zero attached hydrogens (tertiary/aromatic N) is 1. The minimum Gasteiger partial charge on any atom is -0.512 e. The number of rotatable bonds is 10. The molecule has 265 valence electrons. The van der Waals surface area contributed by atoms with Crippen LogP contribution in [0.15, 0.2) is 48.4 Å². The fourth-order valence-electron chi connectivity index (χ4n) is 7.31. The molecule has 1 N–H and O–H groups in total. The number of aryl methyl sites for hydroxylation is 2. The number of aliphatic hydroxyl groups is 1. The summed E-state index contributed by atoms with van der Waals surface area (Å²) in [4.78, 5) is 17.2. The summed E-state index contributed by atoms with van der Waals surface area (Å²) in [5, 5.41) is 14.1. The molecule has 0 spiro atoms. The fourth-order valence-corrected chi connectivity index (χ4v) is 11.2. The summed E-state index contributed by atoms with van der Waals surface area (Å²) >= 11 is 1.95. The Morgan fingerprint density at radius 1 is 0.833 bits per heavy atom. The number of allylic oxidation sites excluding steroid dienone is 2. The normalized spacial score (nSPS) is 12.7. The average molecular weight is 863 g/mol. The van der Waals surface area contributed by atoms with Gasteiger partial charge in [-0.15, -0.1) is 29.1 Å². The maximum Gasteiger partial charge on any atom is 0.162 e. The molecule has 4 aromatic rings. The van der Waals surface area contributed by atoms with Gasteiger partial charge in [-0.1, -0.05) is 118 Å². The Hall–Kier alpha value is -2.11. The topological polar surface area (TPSA) is 50.2 Å². The van der Waals surface area contributed by atoms with Gasteiger partial charge in [0.1, 0.15) is 0 Å². The second kappa shape index (κ2) is 17.2. The molecule has 2 aromatic heterocycles. The van der Waals surface area contributed by atoms with Gasteiger partial charge in [0.15, 0.2) is 5.78 Å². The molecule has 0 saturated carbocycles. The summed E-state index contributed by atoms with van der Waals surface area (Å²) < 4.78 is 2.90. The molecule has 4 rings (SSSR count). The van der Waals surface area contributed by atoms with E-state index in [1.54, 1.807) is 4.50 Å². The van der Waals surface area contributed by atoms with Gasteiger partial charge >= 0.3 is 0 Å². The molecular formula is C42H60IrNO2SSi-. The first kappa shape index (κ1) is 42.1. The zero-order valence-corrected chi connectivity index (χ0v) is 36.3. The van der Waals surface area contributed by atoms with Crippen LogP contribution in [-0.4, -0.2) is 23.9 Å². The van der Waals surface area contributed by atoms with Crippen molar-refractivity contribution in [2.75, 3.05) is 0 Å². The largest absolute Gasteiger partial charge is 0.512 e. The fraction of sp³-hybridized carbons (Fsp3) is 0.524. The Bertz CT molecular complexity index is 1710. The maximum absolute atomic E-state index is 12.3. The molecule has 6 heteroatoms. The first-order valence-electron chi connectivity index (χ1n) is 17.6. The number of ketones is 1. The van der Waals surface area contributed by atoms with E-state index in [1.165, 1.54) is 43.6 Å². The summed E-state index contributed by atoms with van der Waals surface area (Å²) in [7, 11) is -1.38. The minimum absolute atomic E-state index is 0. The Balaban J connectivity index is 0.000000355. The Morgan fingerprint density at radius 2 is 1.40 bits per heavy atom. The smallest absolute Gasteiger partial charge is 0.162 e. The summed E-state index contributed by atoms with van der Waals surface area (Å²) in [5.74, 6) is 2.09. The van der Waals surface area contributed by atoms with Crippen LogP contribution in [0.25, 0.3) is 32.1 Å². The van der Waals surface area contributed by atoms with Crippen molar-refractivity contribution in [2.24, 2.45) is 35.5 Å². The number of hydrogen-bond donors (Lipinski definition) is 1. The van der Waals surface area contributed by atoms with Crippen LogP contribution in [0.4, 0.5) is 0 Å². The van der Waals surface area contributed by atoms with E-state index in [2.05, 4.69) is 139 Å². The molecule has 0 aliphatic rings. The van der Waals surface area contributed by atoms with Crippen LogP contribution >= 0.6 is 11.3 Å². The molecule has 0 saturated heterocycles. The van der Waals surface area contributed by atoms with Crippen molar-refractivity contribution >= 4 is 50.6 Å². The average Bonchev–Trinajstić information content (AvgIpc) is 3.28. The first-order valence-corrected chi connectivity index (χ1v) is 21.9. The third-order valence-electron chi connectivity index (χ3n) is 9.30. The predicted molar refractivity (Wildman–Crippen MR) is 210 cm³/mol. The van der Waals surface area contributed by atoms with Crippen molar-refractivity contribution in [3.05, 3.63) is 71.1 Å². The van der Waals surface area contributed by atoms with Crippen molar-refractivity contribution in [2.45, 2.75) is 109 Å². The third kappa shape index (κ3) is 9.77. The number of carbonyl (C=O) groups excluding carboxylic acids is 1. The summed E-state index contributed by atoms with van der Waals surface area (Å²) in [6.45, 7) is 32.9. The molecule has 0 aliphatic carbocycles. The van der Waals surface area contributed by atoms with E-state index >= 15 is 0 Å². The van der Waals surface area contributed by atoms with Crippen LogP contribution in [0.1, 0.15) is 91.8 Å². The molecule has 0 fully saturated rings. The van der Waals surface area contributed by atoms with Crippen molar-refractivity contribution in [1.29, 1.82) is 0 Å². The zero-order chi connectivity index (χ0) is 35.5. The van der Waals surface area contributed by atoms with Gasteiger partial charge in [0.25, 0.3) is 0 Å². The number of thiophene rings is 1. The van der Waals surface area contributed by atoms with Gasteiger partial charge in [0.2, 0.25) is 0 Å². The molecule has 0 bridgehead atoms. The van der Waals surface area contributed by atoms with E-state index in [-0.39, 0.29) is 43.5 Å². The molecule has 3 nitrogen and oxygen atoms in total. The number of fused-ring (bicyclic) bond motifs is 2. The second-order valence-electron chi connectivity index (χ2n) is 16.2. The second-order valence-corrected chi connectivity index (χ2v) is 22.6. The molecule has 48 heavy (non-hydrogen) atoms. The van der Waals surface area contributed by atoms with Crippen molar-refractivity contribution in [1.82, 2.24) is 4.98 Å². The van der Waals surface area contributed by atoms with Gasteiger partial charge in [-0.2, -0.15) is 11.3 Å². The van der Waals surface area contributed by atoms with Gasteiger partial charge < -0.3 is 5.11 Å². The van der Waals surface area contributed by atoms with Crippen molar-refractivity contribution in [3.8, 4) is 11.3 Å². The number of aliphatic hydroxyl groups excluding tert-OH is 1. The zero-order valence-electron chi connectivity index (χ0n) is 32.1. The summed E-state index contributed by atoms with van der Waals surface area (Å²) in [6.07, 6.45) is 3.45. The monoisotopic (exact) mass is 863 g/mol. The molecule has 0 atom stereocenters. The number of hydrogen-bond acceptors (Lipinski definition) is 4. The molecule has 0 amide bonds. The van der Waals surface area contributed by atoms with E-state index in [1.807, 2.05) is 17.5 Å². The number of pyridine rings is 1. The van der Waals surface area contributed by atoms with E-state index in [9.17, 15) is 9.90 Å². The molecular weight excluding hydrogens is 803 g/mol. The predicted octanol–water partition coefficient (Wildman–Crippen LogP) is 12.1. The third-order valence-corrected chi connectivity index (χ3v) is 14.3.